The van der Waals surface area contributed by atoms with Crippen LogP contribution in [0.1, 0.15) is 114 Å². The van der Waals surface area contributed by atoms with E-state index in [0.717, 1.165) is 38.5 Å². The first-order valence-corrected chi connectivity index (χ1v) is 22.8. The molecule has 3 aliphatic heterocycles. The van der Waals surface area contributed by atoms with Crippen molar-refractivity contribution in [2.45, 2.75) is 145 Å². The number of alkyl halides is 3. The highest BCUT2D eigenvalue weighted by Gasteiger charge is 2.64. The van der Waals surface area contributed by atoms with E-state index in [1.165, 1.54) is 23.1 Å². The summed E-state index contributed by atoms with van der Waals surface area (Å²) in [5, 5.41) is 3.32. The zero-order chi connectivity index (χ0) is 42.7. The lowest BCUT2D eigenvalue weighted by Gasteiger charge is -2.36. The van der Waals surface area contributed by atoms with Crippen LogP contribution in [0.15, 0.2) is 30.4 Å². The third-order valence-electron chi connectivity index (χ3n) is 13.7. The number of aromatic nitrogens is 1. The summed E-state index contributed by atoms with van der Waals surface area (Å²) >= 11 is 0. The van der Waals surface area contributed by atoms with E-state index in [4.69, 9.17) is 9.47 Å². The number of ether oxygens (including phenoxy) is 3. The van der Waals surface area contributed by atoms with E-state index in [0.29, 0.717) is 79.0 Å². The molecule has 17 heteroatoms. The van der Waals surface area contributed by atoms with Crippen LogP contribution in [-0.2, 0) is 40.4 Å². The second kappa shape index (κ2) is 15.8. The third kappa shape index (κ3) is 8.56. The number of hydrogen-bond acceptors (Lipinski definition) is 10. The van der Waals surface area contributed by atoms with Gasteiger partial charge in [-0.1, -0.05) is 37.8 Å². The quantitative estimate of drug-likeness (QED) is 0.229. The first-order valence-electron chi connectivity index (χ1n) is 21.3. The number of pyridine rings is 1. The minimum atomic E-state index is -4.90. The summed E-state index contributed by atoms with van der Waals surface area (Å²) in [6.07, 6.45) is 7.66. The molecule has 1 aromatic carbocycles. The number of carbonyl (C=O) groups is 4. The topological polar surface area (TPSA) is 170 Å². The number of hydrogen-bond donors (Lipinski definition) is 2. The number of aryl methyl sites for hydroxylation is 2. The molecule has 0 unspecified atom stereocenters. The number of fused-ring (bicyclic) bond motifs is 5. The second-order valence-corrected chi connectivity index (χ2v) is 20.4. The number of amides is 3. The van der Waals surface area contributed by atoms with Crippen LogP contribution in [0.2, 0.25) is 0 Å². The Bertz CT molecular complexity index is 2210. The van der Waals surface area contributed by atoms with E-state index < -0.39 is 79.6 Å². The van der Waals surface area contributed by atoms with E-state index in [2.05, 4.69) is 19.8 Å². The predicted octanol–water partition coefficient (Wildman–Crippen LogP) is 6.24. The normalized spacial score (nSPS) is 29.9. The Balaban J connectivity index is 1.11. The molecule has 4 fully saturated rings. The summed E-state index contributed by atoms with van der Waals surface area (Å²) in [6.45, 7) is 3.53. The van der Waals surface area contributed by atoms with Gasteiger partial charge in [-0.2, -0.15) is 0 Å². The molecule has 6 aliphatic rings. The van der Waals surface area contributed by atoms with Crippen molar-refractivity contribution in [2.75, 3.05) is 13.2 Å². The van der Waals surface area contributed by atoms with Gasteiger partial charge in [0.25, 0.3) is 5.91 Å². The molecule has 326 valence electrons. The molecule has 2 aromatic rings. The Kier molecular flexibility index (Phi) is 11.1. The van der Waals surface area contributed by atoms with Gasteiger partial charge < -0.3 is 24.4 Å². The van der Waals surface area contributed by atoms with Gasteiger partial charge >= 0.3 is 12.3 Å². The summed E-state index contributed by atoms with van der Waals surface area (Å²) in [6, 6.07) is 2.75. The Hall–Kier alpha value is -4.41. The summed E-state index contributed by atoms with van der Waals surface area (Å²) in [4.78, 5) is 63.0. The number of esters is 1. The molecule has 1 spiro atoms. The number of nitrogens with zero attached hydrogens (tertiary/aromatic N) is 2. The second-order valence-electron chi connectivity index (χ2n) is 18.2. The lowest BCUT2D eigenvalue weighted by Crippen LogP contribution is -2.57. The monoisotopic (exact) mass is 858 g/mol. The zero-order valence-electron chi connectivity index (χ0n) is 34.0. The van der Waals surface area contributed by atoms with Crippen molar-refractivity contribution in [3.05, 3.63) is 41.6 Å². The number of allylic oxidation sites excluding steroid dienone is 1. The molecule has 2 N–H and O–H groups in total. The molecule has 1 saturated heterocycles. The summed E-state index contributed by atoms with van der Waals surface area (Å²) in [5.41, 5.74) is -1.18. The van der Waals surface area contributed by atoms with Crippen LogP contribution in [0.5, 0.6) is 11.5 Å². The summed E-state index contributed by atoms with van der Waals surface area (Å²) < 4.78 is 83.9. The lowest BCUT2D eigenvalue weighted by atomic mass is 9.87. The fraction of sp³-hybridized carbons (Fsp3) is 0.651. The molecule has 0 radical (unpaired) electrons. The van der Waals surface area contributed by atoms with Crippen LogP contribution in [0, 0.1) is 24.7 Å². The third-order valence-corrected chi connectivity index (χ3v) is 15.8. The largest absolute Gasteiger partial charge is 0.573 e. The maximum atomic E-state index is 14.9. The van der Waals surface area contributed by atoms with E-state index >= 15 is 0 Å². The number of carbonyl (C=O) groups excluding carboxylic acids is 4. The van der Waals surface area contributed by atoms with Crippen molar-refractivity contribution in [1.82, 2.24) is 19.9 Å². The van der Waals surface area contributed by atoms with E-state index in [1.807, 2.05) is 12.2 Å². The van der Waals surface area contributed by atoms with Gasteiger partial charge in [-0.3, -0.25) is 23.9 Å². The van der Waals surface area contributed by atoms with Crippen LogP contribution < -0.4 is 19.5 Å². The van der Waals surface area contributed by atoms with Crippen LogP contribution in [0.4, 0.5) is 13.2 Å². The highest BCUT2D eigenvalue weighted by atomic mass is 32.2. The van der Waals surface area contributed by atoms with Crippen molar-refractivity contribution < 1.29 is 55.0 Å². The molecule has 3 aliphatic carbocycles. The molecule has 5 atom stereocenters. The van der Waals surface area contributed by atoms with Gasteiger partial charge in [-0.15, -0.1) is 13.2 Å². The molecular weight excluding hydrogens is 806 g/mol. The van der Waals surface area contributed by atoms with Gasteiger partial charge in [0.15, 0.2) is 0 Å². The Morgan fingerprint density at radius 1 is 1.05 bits per heavy atom. The van der Waals surface area contributed by atoms with E-state index in [-0.39, 0.29) is 32.2 Å². The number of nitrogens with one attached hydrogen (secondary N) is 2. The molecule has 3 saturated carbocycles. The minimum Gasteiger partial charge on any atom is -0.483 e. The zero-order valence-corrected chi connectivity index (χ0v) is 34.9. The van der Waals surface area contributed by atoms with Gasteiger partial charge in [0.1, 0.15) is 28.7 Å². The van der Waals surface area contributed by atoms with Crippen LogP contribution >= 0.6 is 0 Å². The Morgan fingerprint density at radius 3 is 2.53 bits per heavy atom. The van der Waals surface area contributed by atoms with Gasteiger partial charge in [-0.05, 0) is 102 Å². The first kappa shape index (κ1) is 42.3. The molecular formula is C43H53F3N4O9S. The highest BCUT2D eigenvalue weighted by Crippen LogP contribution is 2.49. The lowest BCUT2D eigenvalue weighted by molar-refractivity contribution is -0.274. The van der Waals surface area contributed by atoms with Crippen LogP contribution in [0.25, 0.3) is 10.9 Å². The van der Waals surface area contributed by atoms with Gasteiger partial charge in [0.05, 0.1) is 35.5 Å². The maximum absolute atomic E-state index is 14.9. The predicted molar refractivity (Wildman–Crippen MR) is 212 cm³/mol. The standard InChI is InChI=1S/C43H53F3N4O9S/c1-26-36-31(32-21-30(58-43(44,45)46)14-15-33(32)47-26)16-17-41(59-36)23-34-37(52)48-42(39(54)49-60(55,56)40(2)18-19-40)22-29(42)13-7-5-3-4-6-12-28(38(53)50(34)25-41)20-35(51)57-24-27-10-8-9-11-27/h7,13-15,21,27-29,34H,3-6,8-12,16-20,22-25H2,1-2H3,(H,48,52)(H,49,54)/b13-7-/t28-,29-,34+,41-,42-/m1/s1. The summed E-state index contributed by atoms with van der Waals surface area (Å²) in [7, 11) is -4.04. The number of sulfonamides is 1. The molecule has 60 heavy (non-hydrogen) atoms. The van der Waals surface area contributed by atoms with Crippen molar-refractivity contribution in [1.29, 1.82) is 0 Å². The van der Waals surface area contributed by atoms with Gasteiger partial charge in [0, 0.05) is 29.2 Å². The fourth-order valence-electron chi connectivity index (χ4n) is 9.65. The van der Waals surface area contributed by atoms with Gasteiger partial charge in [-0.25, -0.2) is 13.4 Å². The summed E-state index contributed by atoms with van der Waals surface area (Å²) in [5.74, 6) is -3.47. The average Bonchev–Trinajstić information content (AvgIpc) is 3.97. The van der Waals surface area contributed by atoms with E-state index in [9.17, 15) is 40.8 Å². The highest BCUT2D eigenvalue weighted by molar-refractivity contribution is 7.91. The van der Waals surface area contributed by atoms with Crippen molar-refractivity contribution >= 4 is 44.6 Å². The maximum Gasteiger partial charge on any atom is 0.573 e. The van der Waals surface area contributed by atoms with Crippen LogP contribution in [-0.4, -0.2) is 83.4 Å². The smallest absolute Gasteiger partial charge is 0.483 e. The van der Waals surface area contributed by atoms with Crippen LogP contribution in [0.3, 0.4) is 0 Å². The SMILES string of the molecule is Cc1nc2ccc(OC(F)(F)F)cc2c2c1O[C@]1(CC2)C[C@H]2C(=O)N[C@]3(C(=O)NS(=O)(=O)C4(C)CC4)C[C@H]3/C=C\CCCCC[C@H](CC(=O)OCC3CCCC3)C(=O)N2C1. The van der Waals surface area contributed by atoms with Crippen molar-refractivity contribution in [2.24, 2.45) is 17.8 Å². The number of benzene rings is 1. The minimum absolute atomic E-state index is 0.00780. The number of rotatable bonds is 8. The average molecular weight is 859 g/mol. The molecule has 13 nitrogen and oxygen atoms in total. The Labute approximate surface area is 347 Å². The molecule has 1 aromatic heterocycles. The molecule has 3 amide bonds. The molecule has 0 bridgehead atoms. The Morgan fingerprint density at radius 2 is 1.80 bits per heavy atom. The first-order chi connectivity index (χ1) is 28.4. The van der Waals surface area contributed by atoms with Crippen molar-refractivity contribution in [3.63, 3.8) is 0 Å². The van der Waals surface area contributed by atoms with Gasteiger partial charge in [0.2, 0.25) is 21.8 Å². The van der Waals surface area contributed by atoms with E-state index in [1.54, 1.807) is 13.8 Å². The molecule has 8 rings (SSSR count). The fourth-order valence-corrected chi connectivity index (χ4v) is 11.0. The molecule has 4 heterocycles. The van der Waals surface area contributed by atoms with Crippen molar-refractivity contribution in [3.8, 4) is 11.5 Å². The number of halogens is 3.